The maximum Gasteiger partial charge on any atom is 2.00 e. The number of hydrogen-bond donors (Lipinski definition) is 0. The van der Waals surface area contributed by atoms with Crippen LogP contribution in [0.15, 0.2) is 0 Å². The van der Waals surface area contributed by atoms with Gasteiger partial charge in [0.15, 0.2) is 0 Å². The smallest absolute Gasteiger partial charge is 1.00 e. The van der Waals surface area contributed by atoms with E-state index in [9.17, 15) is 0 Å². The molecule has 0 aromatic heterocycles. The van der Waals surface area contributed by atoms with Crippen molar-refractivity contribution < 1.29 is 22.8 Å². The molecule has 0 aliphatic rings. The SMILES string of the molecule is [AlH][Cl].[Ca+2].[H-].[H-].[H-].[H-].[Mg+2].[Mn].[SiH3]. The second kappa shape index (κ2) is 38.4. The predicted molar refractivity (Wildman–Crippen MR) is 38.9 cm³/mol. The van der Waals surface area contributed by atoms with E-state index in [4.69, 9.17) is 0 Å². The Labute approximate surface area is 118 Å². The third kappa shape index (κ3) is 25.6. The minimum Gasteiger partial charge on any atom is -1.00 e. The second-order valence-electron chi connectivity index (χ2n) is 0. The first kappa shape index (κ1) is 33.6. The molecule has 6 heavy (non-hydrogen) atoms. The molecule has 0 saturated heterocycles. The van der Waals surface area contributed by atoms with Crippen LogP contribution in [0.3, 0.4) is 0 Å². The fourth-order valence-corrected chi connectivity index (χ4v) is 0. The molecule has 0 spiro atoms. The van der Waals surface area contributed by atoms with Gasteiger partial charge in [-0.15, -0.1) is 0 Å². The van der Waals surface area contributed by atoms with Crippen LogP contribution in [-0.4, -0.2) is 87.1 Å². The van der Waals surface area contributed by atoms with Crippen LogP contribution in [0.1, 0.15) is 5.71 Å². The largest absolute Gasteiger partial charge is 2.00 e. The molecular weight excluding hydrogens is 210 g/mol. The van der Waals surface area contributed by atoms with E-state index in [0.717, 1.165) is 0 Å². The summed E-state index contributed by atoms with van der Waals surface area (Å²) in [6.45, 7) is 0. The Morgan fingerprint density at radius 3 is 1.33 bits per heavy atom. The summed E-state index contributed by atoms with van der Waals surface area (Å²) in [5.41, 5.74) is 0. The van der Waals surface area contributed by atoms with Crippen LogP contribution in [0, 0.1) is 0 Å². The van der Waals surface area contributed by atoms with E-state index in [1.807, 2.05) is 0 Å². The molecule has 0 atom stereocenters. The summed E-state index contributed by atoms with van der Waals surface area (Å²) in [4.78, 5) is 0. The van der Waals surface area contributed by atoms with Crippen LogP contribution in [-0.2, 0) is 17.1 Å². The van der Waals surface area contributed by atoms with Crippen molar-refractivity contribution in [1.29, 1.82) is 0 Å². The molecule has 0 amide bonds. The summed E-state index contributed by atoms with van der Waals surface area (Å²) in [7, 11) is 4.67. The molecule has 3 radical (unpaired) electrons. The molecule has 0 aliphatic heterocycles. The van der Waals surface area contributed by atoms with Gasteiger partial charge in [-0.25, -0.2) is 0 Å². The molecule has 0 N–H and O–H groups in total. The zero-order valence-electron chi connectivity index (χ0n) is 7.88. The van der Waals surface area contributed by atoms with Crippen molar-refractivity contribution in [3.63, 3.8) is 0 Å². The van der Waals surface area contributed by atoms with Gasteiger partial charge >= 0.3 is 76.2 Å². The van der Waals surface area contributed by atoms with Crippen molar-refractivity contribution in [3.05, 3.63) is 0 Å². The summed E-state index contributed by atoms with van der Waals surface area (Å²) in [6.07, 6.45) is 0. The number of hydrogen-bond acceptors (Lipinski definition) is 0. The van der Waals surface area contributed by atoms with Crippen LogP contribution >= 0.6 is 10.0 Å². The van der Waals surface area contributed by atoms with Gasteiger partial charge < -0.3 is 5.71 Å². The number of halogens is 1. The average Bonchev–Trinajstić information content (AvgIpc) is 1.00. The van der Waals surface area contributed by atoms with Gasteiger partial charge in [0, 0.05) is 17.1 Å². The first-order valence-electron chi connectivity index (χ1n) is 0.267. The van der Waals surface area contributed by atoms with E-state index in [1.54, 1.807) is 0 Å². The standard InChI is InChI=1S/Al.Ca.ClH.Mg.Mn.H3Si.5H/h;;1H;;;1H3;;;;;/q+1;+2;;+2;;;;4*-1/p-1. The normalized spacial score (nSPS) is 0.833. The molecule has 0 saturated carbocycles. The van der Waals surface area contributed by atoms with Crippen LogP contribution in [0.5, 0.6) is 0 Å². The van der Waals surface area contributed by atoms with E-state index in [1.165, 1.54) is 15.4 Å². The zero-order valence-corrected chi connectivity index (χ0v) is 12.9. The van der Waals surface area contributed by atoms with Crippen molar-refractivity contribution in [3.8, 4) is 0 Å². The second-order valence-corrected chi connectivity index (χ2v) is 0. The average molecular weight is 218 g/mol. The van der Waals surface area contributed by atoms with Crippen molar-refractivity contribution in [2.75, 3.05) is 0 Å². The van der Waals surface area contributed by atoms with Gasteiger partial charge in [-0.3, -0.25) is 10.0 Å². The Morgan fingerprint density at radius 1 is 1.33 bits per heavy atom. The molecule has 0 aromatic rings. The Balaban J connectivity index is -0.000000000179. The molecule has 0 bridgehead atoms. The molecule has 0 nitrogen and oxygen atoms in total. The van der Waals surface area contributed by atoms with Crippen molar-refractivity contribution in [2.24, 2.45) is 0 Å². The number of rotatable bonds is 0. The predicted octanol–water partition coefficient (Wildman–Crippen LogP) is -1.46. The fourth-order valence-electron chi connectivity index (χ4n) is 0. The van der Waals surface area contributed by atoms with Gasteiger partial charge in [-0.2, -0.15) is 0 Å². The third-order valence-corrected chi connectivity index (χ3v) is 0. The molecule has 6 heteroatoms. The van der Waals surface area contributed by atoms with Crippen LogP contribution < -0.4 is 0 Å². The van der Waals surface area contributed by atoms with Crippen LogP contribution in [0.4, 0.5) is 0 Å². The first-order valence-corrected chi connectivity index (χ1v) is 2.41. The molecule has 0 heterocycles. The third-order valence-electron chi connectivity index (χ3n) is 0. The zero-order chi connectivity index (χ0) is 2.00. The summed E-state index contributed by atoms with van der Waals surface area (Å²) >= 11 is 1.33. The van der Waals surface area contributed by atoms with Gasteiger partial charge in [0.1, 0.15) is 0 Å². The molecule has 0 aliphatic carbocycles. The molecule has 0 rings (SSSR count). The van der Waals surface area contributed by atoms with Gasteiger partial charge in [-0.1, -0.05) is 0 Å². The Hall–Kier alpha value is 3.58. The van der Waals surface area contributed by atoms with E-state index in [2.05, 4.69) is 10.0 Å². The molecular formula is H8AlCaClMgMnSi. The quantitative estimate of drug-likeness (QED) is 0.436. The van der Waals surface area contributed by atoms with Crippen molar-refractivity contribution in [1.82, 2.24) is 0 Å². The minimum atomic E-state index is 0. The maximum atomic E-state index is 4.67. The fraction of sp³-hybridized carbons (Fsp3) is 0. The molecule has 33 valence electrons. The van der Waals surface area contributed by atoms with E-state index < -0.39 is 0 Å². The van der Waals surface area contributed by atoms with Crippen molar-refractivity contribution >= 4 is 97.2 Å². The van der Waals surface area contributed by atoms with E-state index >= 15 is 0 Å². The summed E-state index contributed by atoms with van der Waals surface area (Å²) in [5, 5.41) is 0. The molecule has 0 aromatic carbocycles. The van der Waals surface area contributed by atoms with Crippen LogP contribution in [0.2, 0.25) is 0 Å². The van der Waals surface area contributed by atoms with Gasteiger partial charge in [-0.05, 0) is 11.0 Å². The Morgan fingerprint density at radius 2 is 1.33 bits per heavy atom. The van der Waals surface area contributed by atoms with Gasteiger partial charge in [0.2, 0.25) is 0 Å². The van der Waals surface area contributed by atoms with Gasteiger partial charge in [0.25, 0.3) is 0 Å². The minimum absolute atomic E-state index is 0. The van der Waals surface area contributed by atoms with Crippen molar-refractivity contribution in [2.45, 2.75) is 0 Å². The Bertz CT molecular complexity index is 25.2. The first-order chi connectivity index (χ1) is 1.00. The molecule has 0 fully saturated rings. The topological polar surface area (TPSA) is 0 Å². The molecule has 0 unspecified atom stereocenters. The Kier molecular flexibility index (Phi) is 215. The monoisotopic (exact) mass is 217 g/mol. The maximum absolute atomic E-state index is 4.67. The van der Waals surface area contributed by atoms with Gasteiger partial charge in [0.05, 0.1) is 0 Å². The summed E-state index contributed by atoms with van der Waals surface area (Å²) in [5.74, 6) is 0. The van der Waals surface area contributed by atoms with E-state index in [0.29, 0.717) is 0 Å². The van der Waals surface area contributed by atoms with Crippen LogP contribution in [0.25, 0.3) is 0 Å². The van der Waals surface area contributed by atoms with E-state index in [-0.39, 0.29) is 94.5 Å². The summed E-state index contributed by atoms with van der Waals surface area (Å²) in [6, 6.07) is 0. The summed E-state index contributed by atoms with van der Waals surface area (Å²) < 4.78 is 0.